The van der Waals surface area contributed by atoms with E-state index in [9.17, 15) is 0 Å². The first kappa shape index (κ1) is 14.7. The lowest BCUT2D eigenvalue weighted by Crippen LogP contribution is -2.00. The highest BCUT2D eigenvalue weighted by Gasteiger charge is 2.15. The van der Waals surface area contributed by atoms with Crippen LogP contribution in [0.25, 0.3) is 27.8 Å². The first-order chi connectivity index (χ1) is 11.7. The molecule has 0 N–H and O–H groups in total. The molecular weight excluding hydrogens is 292 g/mol. The number of rotatable bonds is 3. The van der Waals surface area contributed by atoms with Crippen LogP contribution in [0.2, 0.25) is 0 Å². The van der Waals surface area contributed by atoms with Crippen molar-refractivity contribution in [3.8, 4) is 17.1 Å². The van der Waals surface area contributed by atoms with Gasteiger partial charge in [0, 0.05) is 23.6 Å². The van der Waals surface area contributed by atoms with Crippen molar-refractivity contribution in [2.75, 3.05) is 0 Å². The molecule has 1 heterocycles. The van der Waals surface area contributed by atoms with Crippen molar-refractivity contribution in [2.45, 2.75) is 19.8 Å². The number of hydrogen-bond acceptors (Lipinski definition) is 1. The molecule has 4 rings (SSSR count). The predicted molar refractivity (Wildman–Crippen MR) is 101 cm³/mol. The maximum atomic E-state index is 4.68. The molecule has 0 amide bonds. The molecule has 0 saturated heterocycles. The Morgan fingerprint density at radius 3 is 2.21 bits per heavy atom. The van der Waals surface area contributed by atoms with E-state index >= 15 is 0 Å². The molecule has 4 aromatic rings. The fourth-order valence-electron chi connectivity index (χ4n) is 3.23. The van der Waals surface area contributed by atoms with Crippen molar-refractivity contribution in [3.05, 3.63) is 84.7 Å². The molecule has 0 bridgehead atoms. The quantitative estimate of drug-likeness (QED) is 0.466. The Morgan fingerprint density at radius 2 is 1.50 bits per heavy atom. The smallest absolute Gasteiger partial charge is 0.144 e. The van der Waals surface area contributed by atoms with Crippen LogP contribution in [0.3, 0.4) is 0 Å². The summed E-state index contributed by atoms with van der Waals surface area (Å²) in [6, 6.07) is 23.5. The second kappa shape index (κ2) is 5.97. The molecule has 118 valence electrons. The average molecular weight is 312 g/mol. The number of benzene rings is 3. The van der Waals surface area contributed by atoms with Gasteiger partial charge in [-0.2, -0.15) is 0 Å². The third-order valence-corrected chi connectivity index (χ3v) is 4.46. The summed E-state index contributed by atoms with van der Waals surface area (Å²) in [5.41, 5.74) is 3.67. The van der Waals surface area contributed by atoms with Crippen LogP contribution in [-0.2, 0) is 0 Å². The predicted octanol–water partition coefficient (Wildman–Crippen LogP) is 5.82. The number of nitrogens with zero attached hydrogens (tertiary/aromatic N) is 2. The minimum Gasteiger partial charge on any atom is -0.300 e. The Kier molecular flexibility index (Phi) is 3.66. The van der Waals surface area contributed by atoms with Crippen molar-refractivity contribution in [3.63, 3.8) is 0 Å². The van der Waals surface area contributed by atoms with E-state index in [4.69, 9.17) is 0 Å². The van der Waals surface area contributed by atoms with E-state index in [0.717, 1.165) is 11.5 Å². The van der Waals surface area contributed by atoms with Gasteiger partial charge >= 0.3 is 0 Å². The summed E-state index contributed by atoms with van der Waals surface area (Å²) >= 11 is 0. The van der Waals surface area contributed by atoms with Gasteiger partial charge in [0.2, 0.25) is 0 Å². The summed E-state index contributed by atoms with van der Waals surface area (Å²) in [5.74, 6) is 1.43. The van der Waals surface area contributed by atoms with E-state index in [1.807, 2.05) is 18.5 Å². The Bertz CT molecular complexity index is 981. The summed E-state index contributed by atoms with van der Waals surface area (Å²) in [6.07, 6.45) is 3.91. The minimum atomic E-state index is 0.436. The van der Waals surface area contributed by atoms with Gasteiger partial charge in [-0.05, 0) is 40.5 Å². The second-order valence-electron chi connectivity index (χ2n) is 6.40. The van der Waals surface area contributed by atoms with Gasteiger partial charge in [-0.25, -0.2) is 4.98 Å². The molecule has 0 atom stereocenters. The first-order valence-corrected chi connectivity index (χ1v) is 8.36. The SMILES string of the molecule is CC(C)c1cc2ccccc2cc1-c1nccn1-c1ccccc1. The summed E-state index contributed by atoms with van der Waals surface area (Å²) in [5, 5.41) is 2.53. The molecule has 0 fully saturated rings. The maximum absolute atomic E-state index is 4.68. The van der Waals surface area contributed by atoms with Crippen LogP contribution >= 0.6 is 0 Å². The molecule has 0 unspecified atom stereocenters. The molecule has 0 radical (unpaired) electrons. The zero-order valence-corrected chi connectivity index (χ0v) is 14.0. The molecule has 0 aliphatic rings. The molecular formula is C22H20N2. The van der Waals surface area contributed by atoms with Gasteiger partial charge in [0.1, 0.15) is 5.82 Å². The molecule has 2 heteroatoms. The molecule has 3 aromatic carbocycles. The van der Waals surface area contributed by atoms with Gasteiger partial charge in [-0.3, -0.25) is 4.57 Å². The maximum Gasteiger partial charge on any atom is 0.144 e. The van der Waals surface area contributed by atoms with Crippen LogP contribution in [0.15, 0.2) is 79.1 Å². The highest BCUT2D eigenvalue weighted by Crippen LogP contribution is 2.33. The topological polar surface area (TPSA) is 17.8 Å². The Labute approximate surface area is 142 Å². The van der Waals surface area contributed by atoms with Crippen LogP contribution in [0, 0.1) is 0 Å². The third kappa shape index (κ3) is 2.50. The zero-order chi connectivity index (χ0) is 16.5. The van der Waals surface area contributed by atoms with Crippen LogP contribution in [0.1, 0.15) is 25.3 Å². The highest BCUT2D eigenvalue weighted by atomic mass is 15.1. The largest absolute Gasteiger partial charge is 0.300 e. The summed E-state index contributed by atoms with van der Waals surface area (Å²) in [4.78, 5) is 4.68. The van der Waals surface area contributed by atoms with Crippen LogP contribution < -0.4 is 0 Å². The first-order valence-electron chi connectivity index (χ1n) is 8.36. The fraction of sp³-hybridized carbons (Fsp3) is 0.136. The Hall–Kier alpha value is -2.87. The third-order valence-electron chi connectivity index (χ3n) is 4.46. The molecule has 0 spiro atoms. The van der Waals surface area contributed by atoms with Gasteiger partial charge in [0.15, 0.2) is 0 Å². The van der Waals surface area contributed by atoms with Gasteiger partial charge in [-0.1, -0.05) is 62.4 Å². The molecule has 0 aliphatic carbocycles. The fourth-order valence-corrected chi connectivity index (χ4v) is 3.23. The van der Waals surface area contributed by atoms with Crippen molar-refractivity contribution in [2.24, 2.45) is 0 Å². The van der Waals surface area contributed by atoms with Crippen molar-refractivity contribution < 1.29 is 0 Å². The number of aromatic nitrogens is 2. The number of para-hydroxylation sites is 1. The summed E-state index contributed by atoms with van der Waals surface area (Å²) < 4.78 is 2.16. The monoisotopic (exact) mass is 312 g/mol. The Morgan fingerprint density at radius 1 is 0.833 bits per heavy atom. The van der Waals surface area contributed by atoms with Gasteiger partial charge < -0.3 is 0 Å². The Balaban J connectivity index is 1.97. The van der Waals surface area contributed by atoms with Gasteiger partial charge in [0.25, 0.3) is 0 Å². The normalized spacial score (nSPS) is 11.3. The lowest BCUT2D eigenvalue weighted by Gasteiger charge is -2.16. The van der Waals surface area contributed by atoms with Gasteiger partial charge in [-0.15, -0.1) is 0 Å². The molecule has 0 aliphatic heterocycles. The number of imidazole rings is 1. The number of hydrogen-bond donors (Lipinski definition) is 0. The van der Waals surface area contributed by atoms with Crippen LogP contribution in [0.4, 0.5) is 0 Å². The lowest BCUT2D eigenvalue weighted by atomic mass is 9.93. The minimum absolute atomic E-state index is 0.436. The van der Waals surface area contributed by atoms with Gasteiger partial charge in [0.05, 0.1) is 0 Å². The van der Waals surface area contributed by atoms with Crippen molar-refractivity contribution >= 4 is 10.8 Å². The zero-order valence-electron chi connectivity index (χ0n) is 14.0. The second-order valence-corrected chi connectivity index (χ2v) is 6.40. The van der Waals surface area contributed by atoms with Crippen molar-refractivity contribution in [1.29, 1.82) is 0 Å². The lowest BCUT2D eigenvalue weighted by molar-refractivity contribution is 0.867. The highest BCUT2D eigenvalue weighted by molar-refractivity contribution is 5.88. The molecule has 2 nitrogen and oxygen atoms in total. The van der Waals surface area contributed by atoms with E-state index in [1.54, 1.807) is 0 Å². The molecule has 0 saturated carbocycles. The summed E-state index contributed by atoms with van der Waals surface area (Å²) in [7, 11) is 0. The van der Waals surface area contributed by atoms with E-state index in [0.29, 0.717) is 5.92 Å². The van der Waals surface area contributed by atoms with Crippen molar-refractivity contribution in [1.82, 2.24) is 9.55 Å². The number of fused-ring (bicyclic) bond motifs is 1. The van der Waals surface area contributed by atoms with E-state index in [1.165, 1.54) is 21.9 Å². The average Bonchev–Trinajstić information content (AvgIpc) is 3.11. The van der Waals surface area contributed by atoms with E-state index in [2.05, 4.69) is 84.1 Å². The standard InChI is InChI=1S/C22H20N2/c1-16(2)20-14-17-8-6-7-9-18(17)15-21(20)22-23-12-13-24(22)19-10-4-3-5-11-19/h3-16H,1-2H3. The summed E-state index contributed by atoms with van der Waals surface area (Å²) in [6.45, 7) is 4.48. The molecule has 24 heavy (non-hydrogen) atoms. The van der Waals surface area contributed by atoms with E-state index < -0.39 is 0 Å². The molecule has 1 aromatic heterocycles. The van der Waals surface area contributed by atoms with Crippen LogP contribution in [0.5, 0.6) is 0 Å². The van der Waals surface area contributed by atoms with Crippen LogP contribution in [-0.4, -0.2) is 9.55 Å². The van der Waals surface area contributed by atoms with E-state index in [-0.39, 0.29) is 0 Å².